The van der Waals surface area contributed by atoms with Crippen LogP contribution in [0.15, 0.2) is 53.5 Å². The standard InChI is InChI=1S/C26H27N5O4/c1-3-18-17(6-4-7-19(18)26(33)34)15-31-16-22(27-28-31)20-8-5-9-21-23(32)14-24(29(2)25(20)21)30-10-12-35-13-11-30/h4-9,14,16H,3,10-13,15H2,1-2H3,(H,33,34). The van der Waals surface area contributed by atoms with E-state index in [2.05, 4.69) is 15.2 Å². The second-order valence-corrected chi connectivity index (χ2v) is 8.63. The molecule has 2 aromatic heterocycles. The summed E-state index contributed by atoms with van der Waals surface area (Å²) >= 11 is 0. The summed E-state index contributed by atoms with van der Waals surface area (Å²) in [5.74, 6) is -0.0839. The van der Waals surface area contributed by atoms with E-state index in [1.165, 1.54) is 0 Å². The molecule has 0 bridgehead atoms. The number of carboxylic acids is 1. The Kier molecular flexibility index (Phi) is 6.08. The van der Waals surface area contributed by atoms with Gasteiger partial charge in [0.25, 0.3) is 0 Å². The first-order valence-corrected chi connectivity index (χ1v) is 11.7. The van der Waals surface area contributed by atoms with Gasteiger partial charge in [0.15, 0.2) is 5.43 Å². The lowest BCUT2D eigenvalue weighted by Crippen LogP contribution is -2.38. The fraction of sp³-hybridized carbons (Fsp3) is 0.308. The molecule has 9 nitrogen and oxygen atoms in total. The lowest BCUT2D eigenvalue weighted by Gasteiger charge is -2.31. The van der Waals surface area contributed by atoms with E-state index in [4.69, 9.17) is 4.74 Å². The number of para-hydroxylation sites is 1. The van der Waals surface area contributed by atoms with Crippen molar-refractivity contribution in [1.82, 2.24) is 19.6 Å². The lowest BCUT2D eigenvalue weighted by molar-refractivity contribution is 0.0695. The van der Waals surface area contributed by atoms with Gasteiger partial charge < -0.3 is 19.3 Å². The largest absolute Gasteiger partial charge is 0.478 e. The van der Waals surface area contributed by atoms with Crippen molar-refractivity contribution in [2.75, 3.05) is 31.2 Å². The van der Waals surface area contributed by atoms with Gasteiger partial charge in [-0.3, -0.25) is 4.79 Å². The number of fused-ring (bicyclic) bond motifs is 1. The van der Waals surface area contributed by atoms with Crippen LogP contribution < -0.4 is 10.3 Å². The Morgan fingerprint density at radius 1 is 1.14 bits per heavy atom. The van der Waals surface area contributed by atoms with Crippen molar-refractivity contribution >= 4 is 22.7 Å². The highest BCUT2D eigenvalue weighted by molar-refractivity contribution is 5.94. The summed E-state index contributed by atoms with van der Waals surface area (Å²) in [6, 6.07) is 12.6. The summed E-state index contributed by atoms with van der Waals surface area (Å²) in [7, 11) is 1.96. The second kappa shape index (κ2) is 9.34. The molecule has 2 aromatic carbocycles. The minimum atomic E-state index is -0.935. The van der Waals surface area contributed by atoms with Crippen LogP contribution in [-0.2, 0) is 24.8 Å². The number of aromatic nitrogens is 4. The number of hydrogen-bond donors (Lipinski definition) is 1. The van der Waals surface area contributed by atoms with Crippen LogP contribution in [0.25, 0.3) is 22.2 Å². The average Bonchev–Trinajstić information content (AvgIpc) is 3.34. The maximum absolute atomic E-state index is 13.0. The fourth-order valence-corrected chi connectivity index (χ4v) is 4.89. The van der Waals surface area contributed by atoms with E-state index in [1.807, 2.05) is 49.0 Å². The SMILES string of the molecule is CCc1c(Cn2cc(-c3cccc4c(=O)cc(N5CCOCC5)n(C)c34)nn2)cccc1C(=O)O. The lowest BCUT2D eigenvalue weighted by atomic mass is 9.99. The normalized spacial score (nSPS) is 13.9. The van der Waals surface area contributed by atoms with Crippen LogP contribution in [0.3, 0.4) is 0 Å². The number of anilines is 1. The van der Waals surface area contributed by atoms with Crippen molar-refractivity contribution < 1.29 is 14.6 Å². The number of benzene rings is 2. The Balaban J connectivity index is 1.56. The monoisotopic (exact) mass is 473 g/mol. The molecule has 0 saturated carbocycles. The van der Waals surface area contributed by atoms with Gasteiger partial charge in [-0.15, -0.1) is 5.10 Å². The maximum atomic E-state index is 13.0. The molecule has 1 aliphatic rings. The first-order valence-electron chi connectivity index (χ1n) is 11.7. The van der Waals surface area contributed by atoms with Gasteiger partial charge in [0, 0.05) is 37.2 Å². The number of nitrogens with zero attached hydrogens (tertiary/aromatic N) is 5. The molecule has 0 spiro atoms. The first-order chi connectivity index (χ1) is 17.0. The molecule has 35 heavy (non-hydrogen) atoms. The Morgan fingerprint density at radius 2 is 1.91 bits per heavy atom. The Labute approximate surface area is 202 Å². The summed E-state index contributed by atoms with van der Waals surface area (Å²) in [5, 5.41) is 18.9. The average molecular weight is 474 g/mol. The third-order valence-electron chi connectivity index (χ3n) is 6.58. The molecule has 5 rings (SSSR count). The number of hydrogen-bond acceptors (Lipinski definition) is 6. The number of pyridine rings is 1. The minimum absolute atomic E-state index is 0.0353. The molecule has 0 atom stereocenters. The fourth-order valence-electron chi connectivity index (χ4n) is 4.89. The number of aryl methyl sites for hydroxylation is 1. The Hall–Kier alpha value is -3.98. The van der Waals surface area contributed by atoms with Crippen molar-refractivity contribution in [1.29, 1.82) is 0 Å². The van der Waals surface area contributed by atoms with E-state index in [1.54, 1.807) is 22.9 Å². The number of aromatic carboxylic acids is 1. The Morgan fingerprint density at radius 3 is 2.66 bits per heavy atom. The van der Waals surface area contributed by atoms with Crippen LogP contribution in [0.5, 0.6) is 0 Å². The predicted octanol–water partition coefficient (Wildman–Crippen LogP) is 2.94. The predicted molar refractivity (Wildman–Crippen MR) is 133 cm³/mol. The zero-order valence-electron chi connectivity index (χ0n) is 19.8. The zero-order valence-corrected chi connectivity index (χ0v) is 19.8. The van der Waals surface area contributed by atoms with Gasteiger partial charge in [0.1, 0.15) is 11.5 Å². The number of carboxylic acid groups (broad SMARTS) is 1. The maximum Gasteiger partial charge on any atom is 0.335 e. The Bertz CT molecular complexity index is 1470. The molecular weight excluding hydrogens is 446 g/mol. The summed E-state index contributed by atoms with van der Waals surface area (Å²) in [6.07, 6.45) is 2.45. The van der Waals surface area contributed by atoms with Crippen LogP contribution in [0, 0.1) is 0 Å². The van der Waals surface area contributed by atoms with Crippen LogP contribution in [0.2, 0.25) is 0 Å². The molecule has 0 radical (unpaired) electrons. The van der Waals surface area contributed by atoms with Crippen molar-refractivity contribution in [3.63, 3.8) is 0 Å². The van der Waals surface area contributed by atoms with E-state index >= 15 is 0 Å². The highest BCUT2D eigenvalue weighted by atomic mass is 16.5. The molecule has 4 aromatic rings. The summed E-state index contributed by atoms with van der Waals surface area (Å²) < 4.78 is 9.23. The van der Waals surface area contributed by atoms with Crippen LogP contribution in [0.4, 0.5) is 5.82 Å². The molecule has 0 amide bonds. The molecular formula is C26H27N5O4. The zero-order chi connectivity index (χ0) is 24.5. The molecule has 1 N–H and O–H groups in total. The molecule has 1 saturated heterocycles. The van der Waals surface area contributed by atoms with Crippen molar-refractivity contribution in [2.24, 2.45) is 7.05 Å². The molecule has 0 aliphatic carbocycles. The van der Waals surface area contributed by atoms with E-state index < -0.39 is 5.97 Å². The second-order valence-electron chi connectivity index (χ2n) is 8.63. The van der Waals surface area contributed by atoms with E-state index in [0.717, 1.165) is 41.1 Å². The third kappa shape index (κ3) is 4.19. The van der Waals surface area contributed by atoms with Gasteiger partial charge >= 0.3 is 5.97 Å². The molecule has 3 heterocycles. The van der Waals surface area contributed by atoms with Crippen LogP contribution in [0.1, 0.15) is 28.4 Å². The van der Waals surface area contributed by atoms with Gasteiger partial charge in [0.2, 0.25) is 0 Å². The van der Waals surface area contributed by atoms with Gasteiger partial charge in [-0.25, -0.2) is 9.48 Å². The van der Waals surface area contributed by atoms with Crippen molar-refractivity contribution in [2.45, 2.75) is 19.9 Å². The first kappa shape index (κ1) is 22.8. The van der Waals surface area contributed by atoms with E-state index in [9.17, 15) is 14.7 Å². The molecule has 9 heteroatoms. The molecule has 1 fully saturated rings. The molecule has 0 unspecified atom stereocenters. The van der Waals surface area contributed by atoms with Gasteiger partial charge in [0.05, 0.1) is 37.0 Å². The minimum Gasteiger partial charge on any atom is -0.478 e. The number of morpholine rings is 1. The molecule has 180 valence electrons. The highest BCUT2D eigenvalue weighted by Crippen LogP contribution is 2.29. The topological polar surface area (TPSA) is 102 Å². The quantitative estimate of drug-likeness (QED) is 0.459. The summed E-state index contributed by atoms with van der Waals surface area (Å²) in [4.78, 5) is 26.8. The van der Waals surface area contributed by atoms with E-state index in [0.29, 0.717) is 42.8 Å². The number of rotatable bonds is 6. The number of carbonyl (C=O) groups is 1. The van der Waals surface area contributed by atoms with Gasteiger partial charge in [-0.05, 0) is 29.7 Å². The van der Waals surface area contributed by atoms with Crippen molar-refractivity contribution in [3.05, 3.63) is 75.6 Å². The van der Waals surface area contributed by atoms with Gasteiger partial charge in [-0.1, -0.05) is 36.4 Å². The smallest absolute Gasteiger partial charge is 0.335 e. The highest BCUT2D eigenvalue weighted by Gasteiger charge is 2.19. The van der Waals surface area contributed by atoms with Crippen molar-refractivity contribution in [3.8, 4) is 11.3 Å². The summed E-state index contributed by atoms with van der Waals surface area (Å²) in [5.41, 5.74) is 4.23. The van der Waals surface area contributed by atoms with E-state index in [-0.39, 0.29) is 5.43 Å². The molecule has 1 aliphatic heterocycles. The summed E-state index contributed by atoms with van der Waals surface area (Å²) in [6.45, 7) is 5.06. The van der Waals surface area contributed by atoms with Crippen LogP contribution in [-0.4, -0.2) is 56.9 Å². The van der Waals surface area contributed by atoms with Gasteiger partial charge in [-0.2, -0.15) is 0 Å². The third-order valence-corrected chi connectivity index (χ3v) is 6.58. The van der Waals surface area contributed by atoms with Crippen LogP contribution >= 0.6 is 0 Å². The number of ether oxygens (including phenoxy) is 1.